The van der Waals surface area contributed by atoms with E-state index in [2.05, 4.69) is 98.7 Å². The molecule has 230 valence electrons. The van der Waals surface area contributed by atoms with E-state index in [1.807, 2.05) is 33.3 Å². The molecule has 0 aliphatic heterocycles. The third-order valence-electron chi connectivity index (χ3n) is 7.96. The normalized spacial score (nSPS) is 13.3. The lowest BCUT2D eigenvalue weighted by Gasteiger charge is -2.10. The van der Waals surface area contributed by atoms with Gasteiger partial charge in [0.15, 0.2) is 5.78 Å². The number of aromatic nitrogens is 2. The number of hydrogen-bond donors (Lipinski definition) is 0. The number of benzene rings is 2. The molecule has 3 aromatic rings. The molecule has 2 aromatic carbocycles. The number of rotatable bonds is 14. The predicted octanol–water partition coefficient (Wildman–Crippen LogP) is 11.1. The standard InChI is InChI=1S/C38H46N2O.C2H6.H2/c1-5-7-8-9-10-12-30-15-17-32(18-16-30)25-31-14-13-29(3)35(20-19-31)26-37(38(41)11-6-2)34-23-21-33(22-24-34)36-27-39-40(4)28-36;1-2;/h13,15-24,26-28H,5-12,14,25H2,1-4H3;1-2H3;1H/b37-26-;;. The van der Waals surface area contributed by atoms with Crippen LogP contribution in [0.5, 0.6) is 0 Å². The minimum Gasteiger partial charge on any atom is -0.294 e. The van der Waals surface area contributed by atoms with E-state index in [1.54, 1.807) is 4.68 Å². The first-order valence-electron chi connectivity index (χ1n) is 16.5. The van der Waals surface area contributed by atoms with Crippen LogP contribution in [0.3, 0.4) is 0 Å². The molecule has 3 heteroatoms. The maximum absolute atomic E-state index is 13.3. The SMILES string of the molecule is CC.CCCCCCCc1ccc(CC2=CC=C(/C=C(\C(=O)CCC)c3ccc(-c4cnn(C)c4)cc3)C(C)=CC2)cc1.[HH]. The summed E-state index contributed by atoms with van der Waals surface area (Å²) in [5.74, 6) is 0.189. The van der Waals surface area contributed by atoms with Crippen LogP contribution in [0.15, 0.2) is 102 Å². The second-order valence-electron chi connectivity index (χ2n) is 11.4. The fourth-order valence-corrected chi connectivity index (χ4v) is 5.38. The van der Waals surface area contributed by atoms with Crippen LogP contribution in [0.1, 0.15) is 104 Å². The Balaban J connectivity index is 0.00000220. The van der Waals surface area contributed by atoms with E-state index in [9.17, 15) is 4.79 Å². The number of Topliss-reactive ketones (excluding diaryl/α,β-unsaturated/α-hetero) is 1. The van der Waals surface area contributed by atoms with E-state index in [0.717, 1.165) is 47.1 Å². The van der Waals surface area contributed by atoms with E-state index >= 15 is 0 Å². The monoisotopic (exact) mass is 578 g/mol. The Morgan fingerprint density at radius 2 is 1.58 bits per heavy atom. The van der Waals surface area contributed by atoms with Crippen LogP contribution >= 0.6 is 0 Å². The fourth-order valence-electron chi connectivity index (χ4n) is 5.38. The second-order valence-corrected chi connectivity index (χ2v) is 11.4. The maximum atomic E-state index is 13.3. The van der Waals surface area contributed by atoms with Crippen molar-refractivity contribution < 1.29 is 6.22 Å². The molecular formula is C40H54N2O. The van der Waals surface area contributed by atoms with Crippen LogP contribution < -0.4 is 0 Å². The number of aryl methyl sites for hydroxylation is 2. The van der Waals surface area contributed by atoms with Crippen LogP contribution in [0.4, 0.5) is 0 Å². The molecule has 0 bridgehead atoms. The molecule has 0 unspecified atom stereocenters. The van der Waals surface area contributed by atoms with Crippen molar-refractivity contribution in [1.29, 1.82) is 0 Å². The summed E-state index contributed by atoms with van der Waals surface area (Å²) >= 11 is 0. The van der Waals surface area contributed by atoms with E-state index in [1.165, 1.54) is 60.8 Å². The first kappa shape index (κ1) is 33.8. The summed E-state index contributed by atoms with van der Waals surface area (Å²) in [6.07, 6.45) is 23.8. The minimum absolute atomic E-state index is 0. The number of carbonyl (C=O) groups is 1. The number of ketones is 1. The molecule has 1 heterocycles. The van der Waals surface area contributed by atoms with Crippen molar-refractivity contribution in [2.24, 2.45) is 7.05 Å². The molecule has 43 heavy (non-hydrogen) atoms. The van der Waals surface area contributed by atoms with Crippen molar-refractivity contribution in [3.63, 3.8) is 0 Å². The molecule has 4 rings (SSSR count). The van der Waals surface area contributed by atoms with Crippen molar-refractivity contribution in [1.82, 2.24) is 9.78 Å². The van der Waals surface area contributed by atoms with Gasteiger partial charge in [-0.3, -0.25) is 9.48 Å². The van der Waals surface area contributed by atoms with Crippen LogP contribution in [-0.4, -0.2) is 15.6 Å². The molecule has 3 nitrogen and oxygen atoms in total. The number of hydrogen-bond acceptors (Lipinski definition) is 2. The van der Waals surface area contributed by atoms with Crippen molar-refractivity contribution >= 4 is 11.4 Å². The predicted molar refractivity (Wildman–Crippen MR) is 187 cm³/mol. The van der Waals surface area contributed by atoms with Gasteiger partial charge in [-0.1, -0.05) is 126 Å². The third kappa shape index (κ3) is 10.5. The van der Waals surface area contributed by atoms with E-state index in [4.69, 9.17) is 0 Å². The Bertz CT molecular complexity index is 1420. The summed E-state index contributed by atoms with van der Waals surface area (Å²) in [5, 5.41) is 4.28. The third-order valence-corrected chi connectivity index (χ3v) is 7.96. The summed E-state index contributed by atoms with van der Waals surface area (Å²) < 4.78 is 1.81. The molecule has 0 amide bonds. The largest absolute Gasteiger partial charge is 0.294 e. The molecule has 1 aromatic heterocycles. The zero-order chi connectivity index (χ0) is 31.0. The molecule has 0 spiro atoms. The summed E-state index contributed by atoms with van der Waals surface area (Å²) in [7, 11) is 1.92. The maximum Gasteiger partial charge on any atom is 0.163 e. The molecule has 0 radical (unpaired) electrons. The number of allylic oxidation sites excluding steroid dienone is 8. The highest BCUT2D eigenvalue weighted by molar-refractivity contribution is 6.21. The van der Waals surface area contributed by atoms with Gasteiger partial charge in [-0.25, -0.2) is 0 Å². The molecular weight excluding hydrogens is 524 g/mol. The zero-order valence-electron chi connectivity index (χ0n) is 27.5. The topological polar surface area (TPSA) is 34.9 Å². The quantitative estimate of drug-likeness (QED) is 0.141. The van der Waals surface area contributed by atoms with Gasteiger partial charge in [0.05, 0.1) is 6.20 Å². The highest BCUT2D eigenvalue weighted by atomic mass is 16.1. The molecule has 0 atom stereocenters. The van der Waals surface area contributed by atoms with Gasteiger partial charge in [-0.2, -0.15) is 5.10 Å². The zero-order valence-corrected chi connectivity index (χ0v) is 27.5. The van der Waals surface area contributed by atoms with Gasteiger partial charge in [0.25, 0.3) is 0 Å². The van der Waals surface area contributed by atoms with Crippen LogP contribution in [-0.2, 0) is 24.7 Å². The van der Waals surface area contributed by atoms with Gasteiger partial charge in [0.1, 0.15) is 0 Å². The van der Waals surface area contributed by atoms with Gasteiger partial charge < -0.3 is 0 Å². The molecule has 0 saturated heterocycles. The van der Waals surface area contributed by atoms with Crippen LogP contribution in [0, 0.1) is 0 Å². The lowest BCUT2D eigenvalue weighted by atomic mass is 9.93. The number of carbonyl (C=O) groups excluding carboxylic acids is 1. The molecule has 0 fully saturated rings. The van der Waals surface area contributed by atoms with E-state index < -0.39 is 0 Å². The molecule has 1 aliphatic carbocycles. The van der Waals surface area contributed by atoms with Gasteiger partial charge >= 0.3 is 0 Å². The molecule has 0 saturated carbocycles. The van der Waals surface area contributed by atoms with Crippen molar-refractivity contribution in [3.05, 3.63) is 119 Å². The van der Waals surface area contributed by atoms with Gasteiger partial charge in [-0.15, -0.1) is 0 Å². The average Bonchev–Trinajstić information content (AvgIpc) is 3.39. The summed E-state index contributed by atoms with van der Waals surface area (Å²) in [5.41, 5.74) is 10.4. The molecule has 0 N–H and O–H groups in total. The minimum atomic E-state index is 0. The van der Waals surface area contributed by atoms with Crippen molar-refractivity contribution in [2.75, 3.05) is 0 Å². The Hall–Kier alpha value is -3.72. The second kappa shape index (κ2) is 18.1. The van der Waals surface area contributed by atoms with Crippen molar-refractivity contribution in [2.45, 2.75) is 98.8 Å². The Labute approximate surface area is 262 Å². The smallest absolute Gasteiger partial charge is 0.163 e. The first-order chi connectivity index (χ1) is 21.0. The van der Waals surface area contributed by atoms with Gasteiger partial charge in [0.2, 0.25) is 0 Å². The summed E-state index contributed by atoms with van der Waals surface area (Å²) in [4.78, 5) is 13.3. The average molecular weight is 579 g/mol. The Kier molecular flexibility index (Phi) is 14.2. The highest BCUT2D eigenvalue weighted by Gasteiger charge is 2.14. The van der Waals surface area contributed by atoms with Crippen LogP contribution in [0.2, 0.25) is 0 Å². The summed E-state index contributed by atoms with van der Waals surface area (Å²) in [6, 6.07) is 17.5. The first-order valence-corrected chi connectivity index (χ1v) is 16.5. The lowest BCUT2D eigenvalue weighted by Crippen LogP contribution is -2.02. The van der Waals surface area contributed by atoms with E-state index in [-0.39, 0.29) is 7.21 Å². The Morgan fingerprint density at radius 3 is 2.23 bits per heavy atom. The number of nitrogens with zero attached hydrogens (tertiary/aromatic N) is 2. The number of unbranched alkanes of at least 4 members (excludes halogenated alkanes) is 4. The molecule has 1 aliphatic rings. The van der Waals surface area contributed by atoms with Gasteiger partial charge in [0, 0.05) is 32.2 Å². The Morgan fingerprint density at radius 1 is 0.884 bits per heavy atom. The van der Waals surface area contributed by atoms with Gasteiger partial charge in [-0.05, 0) is 78.5 Å². The summed E-state index contributed by atoms with van der Waals surface area (Å²) in [6.45, 7) is 10.5. The lowest BCUT2D eigenvalue weighted by molar-refractivity contribution is -0.113. The van der Waals surface area contributed by atoms with Crippen LogP contribution in [0.25, 0.3) is 16.7 Å². The fraction of sp³-hybridized carbons (Fsp3) is 0.400. The van der Waals surface area contributed by atoms with Crippen molar-refractivity contribution in [3.8, 4) is 11.1 Å². The highest BCUT2D eigenvalue weighted by Crippen LogP contribution is 2.28. The van der Waals surface area contributed by atoms with E-state index in [0.29, 0.717) is 6.42 Å².